The minimum absolute atomic E-state index is 0.165. The van der Waals surface area contributed by atoms with E-state index in [1.807, 2.05) is 0 Å². The monoisotopic (exact) mass is 263 g/mol. The summed E-state index contributed by atoms with van der Waals surface area (Å²) in [6, 6.07) is 10.5. The van der Waals surface area contributed by atoms with E-state index in [-0.39, 0.29) is 6.10 Å². The van der Waals surface area contributed by atoms with Crippen LogP contribution in [0.3, 0.4) is 0 Å². The van der Waals surface area contributed by atoms with E-state index in [2.05, 4.69) is 63.3 Å². The molecule has 1 N–H and O–H groups in total. The van der Waals surface area contributed by atoms with Crippen molar-refractivity contribution in [2.45, 2.75) is 40.2 Å². The average molecular weight is 263 g/mol. The summed E-state index contributed by atoms with van der Waals surface area (Å²) in [6.45, 7) is 11.7. The summed E-state index contributed by atoms with van der Waals surface area (Å²) < 4.78 is 6.06. The number of nitrogens with one attached hydrogen (secondary N) is 1. The van der Waals surface area contributed by atoms with Gasteiger partial charge in [-0.1, -0.05) is 58.0 Å². The van der Waals surface area contributed by atoms with Crippen LogP contribution >= 0.6 is 0 Å². The highest BCUT2D eigenvalue weighted by atomic mass is 16.5. The molecule has 19 heavy (non-hydrogen) atoms. The van der Waals surface area contributed by atoms with Crippen LogP contribution in [0.2, 0.25) is 0 Å². The van der Waals surface area contributed by atoms with Gasteiger partial charge < -0.3 is 10.1 Å². The van der Waals surface area contributed by atoms with Crippen molar-refractivity contribution in [2.24, 2.45) is 11.8 Å². The Hall–Kier alpha value is -0.860. The Balaban J connectivity index is 2.48. The molecule has 108 valence electrons. The van der Waals surface area contributed by atoms with Crippen molar-refractivity contribution in [3.63, 3.8) is 0 Å². The smallest absolute Gasteiger partial charge is 0.0949 e. The third-order valence-electron chi connectivity index (χ3n) is 3.07. The van der Waals surface area contributed by atoms with E-state index in [1.165, 1.54) is 5.56 Å². The zero-order valence-electron chi connectivity index (χ0n) is 12.9. The topological polar surface area (TPSA) is 21.3 Å². The van der Waals surface area contributed by atoms with E-state index < -0.39 is 0 Å². The summed E-state index contributed by atoms with van der Waals surface area (Å²) in [4.78, 5) is 0. The molecule has 0 aliphatic heterocycles. The molecule has 1 unspecified atom stereocenters. The van der Waals surface area contributed by atoms with Gasteiger partial charge in [-0.2, -0.15) is 0 Å². The maximum Gasteiger partial charge on any atom is 0.0949 e. The Kier molecular flexibility index (Phi) is 7.76. The molecule has 0 saturated heterocycles. The van der Waals surface area contributed by atoms with Gasteiger partial charge in [0.05, 0.1) is 6.10 Å². The largest absolute Gasteiger partial charge is 0.372 e. The van der Waals surface area contributed by atoms with Crippen LogP contribution in [0.15, 0.2) is 30.3 Å². The molecule has 0 aliphatic rings. The van der Waals surface area contributed by atoms with Crippen molar-refractivity contribution in [3.05, 3.63) is 35.9 Å². The second kappa shape index (κ2) is 9.11. The number of benzene rings is 1. The van der Waals surface area contributed by atoms with Gasteiger partial charge in [0, 0.05) is 13.2 Å². The fraction of sp³-hybridized carbons (Fsp3) is 0.647. The van der Waals surface area contributed by atoms with Gasteiger partial charge in [-0.05, 0) is 30.4 Å². The van der Waals surface area contributed by atoms with Gasteiger partial charge in [0.1, 0.15) is 0 Å². The van der Waals surface area contributed by atoms with Gasteiger partial charge in [-0.15, -0.1) is 0 Å². The van der Waals surface area contributed by atoms with E-state index in [0.717, 1.165) is 26.1 Å². The van der Waals surface area contributed by atoms with E-state index in [1.54, 1.807) is 0 Å². The summed E-state index contributed by atoms with van der Waals surface area (Å²) >= 11 is 0. The lowest BCUT2D eigenvalue weighted by molar-refractivity contribution is 0.0454. The molecule has 2 nitrogen and oxygen atoms in total. The van der Waals surface area contributed by atoms with Crippen molar-refractivity contribution < 1.29 is 4.74 Å². The lowest BCUT2D eigenvalue weighted by atomic mass is 10.1. The summed E-state index contributed by atoms with van der Waals surface area (Å²) in [5.74, 6) is 1.37. The van der Waals surface area contributed by atoms with E-state index >= 15 is 0 Å². The lowest BCUT2D eigenvalue weighted by Gasteiger charge is -2.20. The van der Waals surface area contributed by atoms with Crippen LogP contribution in [-0.2, 0) is 4.74 Å². The molecule has 1 rings (SSSR count). The third kappa shape index (κ3) is 7.34. The molecule has 0 saturated carbocycles. The van der Waals surface area contributed by atoms with Gasteiger partial charge in [-0.3, -0.25) is 0 Å². The first-order chi connectivity index (χ1) is 9.09. The molecule has 0 radical (unpaired) electrons. The minimum atomic E-state index is 0.165. The predicted octanol–water partition coefficient (Wildman–Crippen LogP) is 4.04. The van der Waals surface area contributed by atoms with Crippen LogP contribution in [0.5, 0.6) is 0 Å². The Morgan fingerprint density at radius 2 is 1.63 bits per heavy atom. The van der Waals surface area contributed by atoms with Crippen LogP contribution in [-0.4, -0.2) is 19.7 Å². The van der Waals surface area contributed by atoms with Crippen LogP contribution in [0.4, 0.5) is 0 Å². The molecule has 0 bridgehead atoms. The SMILES string of the molecule is CC(C)CCOC(CNCC(C)C)c1ccccc1. The normalized spacial score (nSPS) is 13.2. The van der Waals surface area contributed by atoms with E-state index in [4.69, 9.17) is 4.74 Å². The number of rotatable bonds is 9. The van der Waals surface area contributed by atoms with E-state index in [9.17, 15) is 0 Å². The highest BCUT2D eigenvalue weighted by Crippen LogP contribution is 2.17. The maximum atomic E-state index is 6.06. The highest BCUT2D eigenvalue weighted by molar-refractivity contribution is 5.17. The zero-order valence-corrected chi connectivity index (χ0v) is 12.9. The Morgan fingerprint density at radius 3 is 2.21 bits per heavy atom. The highest BCUT2D eigenvalue weighted by Gasteiger charge is 2.11. The number of ether oxygens (including phenoxy) is 1. The second-order valence-electron chi connectivity index (χ2n) is 6.00. The molecule has 0 heterocycles. The molecule has 2 heteroatoms. The average Bonchev–Trinajstić information content (AvgIpc) is 2.37. The lowest BCUT2D eigenvalue weighted by Crippen LogP contribution is -2.27. The summed E-state index contributed by atoms with van der Waals surface area (Å²) in [5, 5.41) is 3.50. The minimum Gasteiger partial charge on any atom is -0.372 e. The summed E-state index contributed by atoms with van der Waals surface area (Å²) in [5.41, 5.74) is 1.27. The van der Waals surface area contributed by atoms with Crippen LogP contribution in [0, 0.1) is 11.8 Å². The van der Waals surface area contributed by atoms with Crippen molar-refractivity contribution >= 4 is 0 Å². The molecular formula is C17H29NO. The van der Waals surface area contributed by atoms with Crippen molar-refractivity contribution in [1.29, 1.82) is 0 Å². The number of hydrogen-bond acceptors (Lipinski definition) is 2. The fourth-order valence-corrected chi connectivity index (χ4v) is 1.89. The van der Waals surface area contributed by atoms with Gasteiger partial charge in [0.15, 0.2) is 0 Å². The van der Waals surface area contributed by atoms with Crippen molar-refractivity contribution in [3.8, 4) is 0 Å². The third-order valence-corrected chi connectivity index (χ3v) is 3.07. The first kappa shape index (κ1) is 16.2. The zero-order chi connectivity index (χ0) is 14.1. The van der Waals surface area contributed by atoms with E-state index in [0.29, 0.717) is 11.8 Å². The molecule has 0 aliphatic carbocycles. The molecule has 0 aromatic heterocycles. The van der Waals surface area contributed by atoms with Crippen molar-refractivity contribution in [1.82, 2.24) is 5.32 Å². The predicted molar refractivity (Wildman–Crippen MR) is 82.3 cm³/mol. The molecule has 0 amide bonds. The van der Waals surface area contributed by atoms with Gasteiger partial charge in [0.2, 0.25) is 0 Å². The first-order valence-corrected chi connectivity index (χ1v) is 7.46. The summed E-state index contributed by atoms with van der Waals surface area (Å²) in [7, 11) is 0. The first-order valence-electron chi connectivity index (χ1n) is 7.46. The molecular weight excluding hydrogens is 234 g/mol. The van der Waals surface area contributed by atoms with Crippen LogP contribution in [0.1, 0.15) is 45.8 Å². The molecule has 0 fully saturated rings. The Labute approximate surface area is 118 Å². The van der Waals surface area contributed by atoms with Crippen molar-refractivity contribution in [2.75, 3.05) is 19.7 Å². The maximum absolute atomic E-state index is 6.06. The number of hydrogen-bond donors (Lipinski definition) is 1. The second-order valence-corrected chi connectivity index (χ2v) is 6.00. The Morgan fingerprint density at radius 1 is 0.947 bits per heavy atom. The molecule has 1 aromatic carbocycles. The molecule has 1 atom stereocenters. The van der Waals surface area contributed by atoms with Gasteiger partial charge in [-0.25, -0.2) is 0 Å². The van der Waals surface area contributed by atoms with Crippen LogP contribution < -0.4 is 5.32 Å². The quantitative estimate of drug-likeness (QED) is 0.726. The standard InChI is InChI=1S/C17H29NO/c1-14(2)10-11-19-17(13-18-12-15(3)4)16-8-6-5-7-9-16/h5-9,14-15,17-18H,10-13H2,1-4H3. The molecule has 1 aromatic rings. The Bertz CT molecular complexity index is 307. The van der Waals surface area contributed by atoms with Crippen LogP contribution in [0.25, 0.3) is 0 Å². The summed E-state index contributed by atoms with van der Waals surface area (Å²) in [6.07, 6.45) is 1.28. The van der Waals surface area contributed by atoms with Gasteiger partial charge >= 0.3 is 0 Å². The molecule has 0 spiro atoms. The van der Waals surface area contributed by atoms with Gasteiger partial charge in [0.25, 0.3) is 0 Å². The fourth-order valence-electron chi connectivity index (χ4n) is 1.89.